The van der Waals surface area contributed by atoms with Crippen LogP contribution in [0.4, 0.5) is 5.82 Å². The maximum Gasteiger partial charge on any atom is 0.242 e. The Hall–Kier alpha value is -2.67. The third kappa shape index (κ3) is 3.10. The summed E-state index contributed by atoms with van der Waals surface area (Å²) in [4.78, 5) is 25.5. The van der Waals surface area contributed by atoms with Gasteiger partial charge in [-0.1, -0.05) is 12.1 Å². The number of nitrogens with zero attached hydrogens (tertiary/aromatic N) is 4. The Kier molecular flexibility index (Phi) is 4.46. The molecule has 0 radical (unpaired) electrons. The molecule has 0 aliphatic carbocycles. The van der Waals surface area contributed by atoms with Crippen LogP contribution >= 0.6 is 11.3 Å². The molecule has 0 spiro atoms. The first-order chi connectivity index (χ1) is 12.7. The van der Waals surface area contributed by atoms with Crippen molar-refractivity contribution in [2.24, 2.45) is 0 Å². The molecule has 26 heavy (non-hydrogen) atoms. The normalized spacial score (nSPS) is 14.9. The molecule has 7 heteroatoms. The summed E-state index contributed by atoms with van der Waals surface area (Å²) in [5, 5.41) is 2.09. The number of piperazine rings is 1. The number of carbonyl (C=O) groups excluding carboxylic acids is 1. The SMILES string of the molecule is COc1cccc(CN2CCN(c3ncnc4c(C)csc34)CC2=O)c1. The molecule has 1 saturated heterocycles. The van der Waals surface area contributed by atoms with Crippen molar-refractivity contribution in [3.63, 3.8) is 0 Å². The Balaban J connectivity index is 1.50. The van der Waals surface area contributed by atoms with E-state index >= 15 is 0 Å². The van der Waals surface area contributed by atoms with E-state index < -0.39 is 0 Å². The number of ether oxygens (including phenoxy) is 1. The molecule has 0 bridgehead atoms. The van der Waals surface area contributed by atoms with Gasteiger partial charge in [0.2, 0.25) is 5.91 Å². The molecule has 1 aliphatic heterocycles. The molecule has 2 aromatic heterocycles. The fourth-order valence-electron chi connectivity index (χ4n) is 3.23. The summed E-state index contributed by atoms with van der Waals surface area (Å²) < 4.78 is 6.32. The van der Waals surface area contributed by atoms with Crippen molar-refractivity contribution in [3.8, 4) is 5.75 Å². The van der Waals surface area contributed by atoms with E-state index in [-0.39, 0.29) is 5.91 Å². The Labute approximate surface area is 156 Å². The van der Waals surface area contributed by atoms with Gasteiger partial charge in [-0.25, -0.2) is 9.97 Å². The fourth-order valence-corrected chi connectivity index (χ4v) is 4.25. The Morgan fingerprint density at radius 3 is 2.96 bits per heavy atom. The van der Waals surface area contributed by atoms with Gasteiger partial charge in [0.1, 0.15) is 12.1 Å². The number of carbonyl (C=O) groups is 1. The van der Waals surface area contributed by atoms with Crippen LogP contribution in [0.3, 0.4) is 0 Å². The first-order valence-corrected chi connectivity index (χ1v) is 9.38. The van der Waals surface area contributed by atoms with Crippen LogP contribution < -0.4 is 9.64 Å². The summed E-state index contributed by atoms with van der Waals surface area (Å²) >= 11 is 1.64. The van der Waals surface area contributed by atoms with E-state index in [9.17, 15) is 4.79 Å². The number of anilines is 1. The predicted octanol–water partition coefficient (Wildman–Crippen LogP) is 2.86. The van der Waals surface area contributed by atoms with Crippen molar-refractivity contribution in [2.75, 3.05) is 31.6 Å². The van der Waals surface area contributed by atoms with Crippen LogP contribution in [-0.2, 0) is 11.3 Å². The average Bonchev–Trinajstić information content (AvgIpc) is 3.05. The van der Waals surface area contributed by atoms with Gasteiger partial charge in [-0.2, -0.15) is 0 Å². The largest absolute Gasteiger partial charge is 0.497 e. The number of thiophene rings is 1. The van der Waals surface area contributed by atoms with Gasteiger partial charge in [0.05, 0.1) is 23.9 Å². The first kappa shape index (κ1) is 16.8. The summed E-state index contributed by atoms with van der Waals surface area (Å²) in [6, 6.07) is 7.85. The molecular formula is C19H20N4O2S. The van der Waals surface area contributed by atoms with Crippen LogP contribution in [0.25, 0.3) is 10.2 Å². The van der Waals surface area contributed by atoms with E-state index in [1.807, 2.05) is 36.1 Å². The number of hydrogen-bond acceptors (Lipinski definition) is 6. The summed E-state index contributed by atoms with van der Waals surface area (Å²) in [6.45, 7) is 4.42. The van der Waals surface area contributed by atoms with E-state index in [1.54, 1.807) is 24.8 Å². The van der Waals surface area contributed by atoms with Crippen molar-refractivity contribution in [1.29, 1.82) is 0 Å². The van der Waals surface area contributed by atoms with Crippen LogP contribution in [0.15, 0.2) is 36.0 Å². The third-order valence-electron chi connectivity index (χ3n) is 4.64. The fraction of sp³-hybridized carbons (Fsp3) is 0.316. The second-order valence-electron chi connectivity index (χ2n) is 6.38. The van der Waals surface area contributed by atoms with Crippen molar-refractivity contribution in [3.05, 3.63) is 47.1 Å². The van der Waals surface area contributed by atoms with Gasteiger partial charge in [0.25, 0.3) is 0 Å². The van der Waals surface area contributed by atoms with Crippen molar-refractivity contribution in [1.82, 2.24) is 14.9 Å². The molecule has 1 amide bonds. The molecule has 0 atom stereocenters. The van der Waals surface area contributed by atoms with Crippen LogP contribution in [0.2, 0.25) is 0 Å². The zero-order chi connectivity index (χ0) is 18.1. The summed E-state index contributed by atoms with van der Waals surface area (Å²) in [5.74, 6) is 1.78. The molecular weight excluding hydrogens is 348 g/mol. The Bertz CT molecular complexity index is 956. The molecule has 0 unspecified atom stereocenters. The summed E-state index contributed by atoms with van der Waals surface area (Å²) in [6.07, 6.45) is 1.59. The molecule has 6 nitrogen and oxygen atoms in total. The van der Waals surface area contributed by atoms with Crippen LogP contribution in [0.5, 0.6) is 5.75 Å². The Morgan fingerprint density at radius 2 is 2.15 bits per heavy atom. The lowest BCUT2D eigenvalue weighted by molar-refractivity contribution is -0.131. The lowest BCUT2D eigenvalue weighted by Gasteiger charge is -2.35. The van der Waals surface area contributed by atoms with Gasteiger partial charge in [-0.05, 0) is 35.6 Å². The van der Waals surface area contributed by atoms with Gasteiger partial charge in [-0.3, -0.25) is 4.79 Å². The molecule has 4 rings (SSSR count). The zero-order valence-corrected chi connectivity index (χ0v) is 15.6. The minimum atomic E-state index is 0.110. The predicted molar refractivity (Wildman–Crippen MR) is 103 cm³/mol. The molecule has 1 aromatic carbocycles. The standard InChI is InChI=1S/C19H20N4O2S/c1-13-11-26-18-17(13)20-12-21-19(18)23-7-6-22(16(24)10-23)9-14-4-3-5-15(8-14)25-2/h3-5,8,11-12H,6-7,9-10H2,1-2H3. The van der Waals surface area contributed by atoms with Crippen molar-refractivity contribution < 1.29 is 9.53 Å². The monoisotopic (exact) mass is 368 g/mol. The van der Waals surface area contributed by atoms with Crippen LogP contribution in [0.1, 0.15) is 11.1 Å². The highest BCUT2D eigenvalue weighted by molar-refractivity contribution is 7.18. The van der Waals surface area contributed by atoms with Gasteiger partial charge in [-0.15, -0.1) is 11.3 Å². The van der Waals surface area contributed by atoms with E-state index in [0.29, 0.717) is 19.6 Å². The molecule has 1 aliphatic rings. The average molecular weight is 368 g/mol. The minimum absolute atomic E-state index is 0.110. The molecule has 0 saturated carbocycles. The summed E-state index contributed by atoms with van der Waals surface area (Å²) in [5.41, 5.74) is 3.20. The van der Waals surface area contributed by atoms with E-state index in [2.05, 4.69) is 20.2 Å². The van der Waals surface area contributed by atoms with Crippen molar-refractivity contribution >= 4 is 33.3 Å². The first-order valence-electron chi connectivity index (χ1n) is 8.50. The molecule has 0 N–H and O–H groups in total. The van der Waals surface area contributed by atoms with Crippen molar-refractivity contribution in [2.45, 2.75) is 13.5 Å². The highest BCUT2D eigenvalue weighted by Gasteiger charge is 2.26. The lowest BCUT2D eigenvalue weighted by Crippen LogP contribution is -2.50. The minimum Gasteiger partial charge on any atom is -0.497 e. The number of methoxy groups -OCH3 is 1. The van der Waals surface area contributed by atoms with Gasteiger partial charge >= 0.3 is 0 Å². The molecule has 3 aromatic rings. The van der Waals surface area contributed by atoms with E-state index in [4.69, 9.17) is 4.74 Å². The smallest absolute Gasteiger partial charge is 0.242 e. The number of fused-ring (bicyclic) bond motifs is 1. The highest BCUT2D eigenvalue weighted by Crippen LogP contribution is 2.31. The van der Waals surface area contributed by atoms with Gasteiger partial charge < -0.3 is 14.5 Å². The topological polar surface area (TPSA) is 58.6 Å². The maximum absolute atomic E-state index is 12.7. The number of benzene rings is 1. The highest BCUT2D eigenvalue weighted by atomic mass is 32.1. The summed E-state index contributed by atoms with van der Waals surface area (Å²) in [7, 11) is 1.65. The number of rotatable bonds is 4. The second kappa shape index (κ2) is 6.92. The number of aromatic nitrogens is 2. The zero-order valence-electron chi connectivity index (χ0n) is 14.8. The maximum atomic E-state index is 12.7. The van der Waals surface area contributed by atoms with Gasteiger partial charge in [0.15, 0.2) is 5.82 Å². The number of amides is 1. The Morgan fingerprint density at radius 1 is 1.27 bits per heavy atom. The molecule has 1 fully saturated rings. The van der Waals surface area contributed by atoms with Crippen LogP contribution in [-0.4, -0.2) is 47.5 Å². The number of aryl methyl sites for hydroxylation is 1. The van der Waals surface area contributed by atoms with E-state index in [0.717, 1.165) is 39.5 Å². The molecule has 134 valence electrons. The lowest BCUT2D eigenvalue weighted by atomic mass is 10.2. The van der Waals surface area contributed by atoms with Crippen LogP contribution in [0, 0.1) is 6.92 Å². The quantitative estimate of drug-likeness (QED) is 0.709. The second-order valence-corrected chi connectivity index (χ2v) is 7.26. The van der Waals surface area contributed by atoms with E-state index in [1.165, 1.54) is 0 Å². The number of hydrogen-bond donors (Lipinski definition) is 0. The van der Waals surface area contributed by atoms with Gasteiger partial charge in [0, 0.05) is 19.6 Å². The molecule has 3 heterocycles. The third-order valence-corrected chi connectivity index (χ3v) is 5.72.